The molecule has 4 rings (SSSR count). The van der Waals surface area contributed by atoms with E-state index in [1.165, 1.54) is 24.3 Å². The summed E-state index contributed by atoms with van der Waals surface area (Å²) >= 11 is 0. The first-order chi connectivity index (χ1) is 14.4. The lowest BCUT2D eigenvalue weighted by atomic mass is 10.1. The summed E-state index contributed by atoms with van der Waals surface area (Å²) < 4.78 is 5.42. The highest BCUT2D eigenvalue weighted by Gasteiger charge is 2.36. The van der Waals surface area contributed by atoms with Crippen LogP contribution in [-0.2, 0) is 6.54 Å². The molecular weight excluding hydrogens is 394 g/mol. The molecule has 0 aliphatic carbocycles. The average molecular weight is 413 g/mol. The van der Waals surface area contributed by atoms with E-state index in [0.29, 0.717) is 31.0 Å². The number of aliphatic hydroxyl groups excluding tert-OH is 1. The third kappa shape index (κ3) is 4.26. The zero-order valence-electron chi connectivity index (χ0n) is 15.7. The second-order valence-corrected chi connectivity index (χ2v) is 7.05. The van der Waals surface area contributed by atoms with Gasteiger partial charge >= 0.3 is 0 Å². The normalized spacial score (nSPS) is 19.2. The number of hydrogen-bond acceptors (Lipinski definition) is 11. The van der Waals surface area contributed by atoms with E-state index in [0.717, 1.165) is 5.56 Å². The van der Waals surface area contributed by atoms with Gasteiger partial charge in [0.1, 0.15) is 0 Å². The van der Waals surface area contributed by atoms with Gasteiger partial charge in [0.2, 0.25) is 11.7 Å². The van der Waals surface area contributed by atoms with Crippen molar-refractivity contribution in [3.05, 3.63) is 70.4 Å². The molecule has 0 spiro atoms. The van der Waals surface area contributed by atoms with Gasteiger partial charge in [-0.2, -0.15) is 4.98 Å². The van der Waals surface area contributed by atoms with Crippen molar-refractivity contribution in [2.75, 3.05) is 17.0 Å². The van der Waals surface area contributed by atoms with Crippen LogP contribution in [0.1, 0.15) is 23.9 Å². The smallest absolute Gasteiger partial charge is 0.244 e. The number of nitrogens with zero attached hydrogens (tertiary/aromatic N) is 5. The minimum absolute atomic E-state index is 0.0414. The Morgan fingerprint density at radius 3 is 2.50 bits per heavy atom. The fourth-order valence-electron chi connectivity index (χ4n) is 3.53. The molecule has 1 aromatic heterocycles. The molecule has 11 nitrogen and oxygen atoms in total. The van der Waals surface area contributed by atoms with Crippen LogP contribution in [0.15, 0.2) is 53.1 Å². The van der Waals surface area contributed by atoms with Gasteiger partial charge in [-0.1, -0.05) is 29.4 Å². The summed E-state index contributed by atoms with van der Waals surface area (Å²) in [4.78, 5) is 6.39. The first-order valence-corrected chi connectivity index (χ1v) is 9.18. The average Bonchev–Trinajstić information content (AvgIpc) is 3.35. The molecule has 0 saturated carbocycles. The van der Waals surface area contributed by atoms with Gasteiger partial charge in [-0.3, -0.25) is 15.3 Å². The number of anilines is 2. The Hall–Kier alpha value is -3.06. The maximum absolute atomic E-state index is 11.1. The second-order valence-electron chi connectivity index (χ2n) is 7.05. The zero-order chi connectivity index (χ0) is 21.3. The Bertz CT molecular complexity index is 993. The topological polar surface area (TPSA) is 155 Å². The van der Waals surface area contributed by atoms with Crippen molar-refractivity contribution in [3.63, 3.8) is 0 Å². The summed E-state index contributed by atoms with van der Waals surface area (Å²) in [5.74, 6) is 0.588. The van der Waals surface area contributed by atoms with E-state index in [-0.39, 0.29) is 33.7 Å². The quantitative estimate of drug-likeness (QED) is 0.510. The third-order valence-corrected chi connectivity index (χ3v) is 4.98. The summed E-state index contributed by atoms with van der Waals surface area (Å²) in [6.45, 7) is 0.873. The second kappa shape index (κ2) is 8.36. The molecule has 3 aromatic rings. The van der Waals surface area contributed by atoms with Crippen molar-refractivity contribution >= 4 is 11.4 Å². The van der Waals surface area contributed by atoms with Gasteiger partial charge in [0.15, 0.2) is 0 Å². The van der Waals surface area contributed by atoms with Crippen LogP contribution in [0.5, 0.6) is 0 Å². The summed E-state index contributed by atoms with van der Waals surface area (Å²) in [5.41, 5.74) is 1.55. The van der Waals surface area contributed by atoms with Crippen molar-refractivity contribution in [1.82, 2.24) is 15.0 Å². The van der Waals surface area contributed by atoms with Crippen LogP contribution in [0.3, 0.4) is 0 Å². The number of hydrogen-bond donors (Lipinski definition) is 3. The van der Waals surface area contributed by atoms with Crippen molar-refractivity contribution in [2.45, 2.75) is 25.1 Å². The summed E-state index contributed by atoms with van der Waals surface area (Å²) in [6.07, 6.45) is -0.152. The van der Waals surface area contributed by atoms with Crippen LogP contribution in [0, 0.1) is 10.4 Å². The molecule has 0 amide bonds. The largest absolute Gasteiger partial charge is 0.733 e. The minimum Gasteiger partial charge on any atom is -0.733 e. The zero-order valence-corrected chi connectivity index (χ0v) is 15.7. The maximum atomic E-state index is 11.1. The number of aliphatic hydroxyl groups is 1. The van der Waals surface area contributed by atoms with Crippen LogP contribution >= 0.6 is 0 Å². The predicted molar refractivity (Wildman–Crippen MR) is 105 cm³/mol. The molecule has 2 heterocycles. The van der Waals surface area contributed by atoms with Crippen molar-refractivity contribution in [2.24, 2.45) is 0 Å². The third-order valence-electron chi connectivity index (χ3n) is 4.98. The molecule has 3 N–H and O–H groups in total. The lowest BCUT2D eigenvalue weighted by Gasteiger charge is -2.23. The van der Waals surface area contributed by atoms with E-state index in [2.05, 4.69) is 10.1 Å². The maximum Gasteiger partial charge on any atom is 0.244 e. The molecule has 2 unspecified atom stereocenters. The van der Waals surface area contributed by atoms with Gasteiger partial charge in [-0.15, -0.1) is 0 Å². The van der Waals surface area contributed by atoms with E-state index in [1.54, 1.807) is 24.3 Å². The van der Waals surface area contributed by atoms with Crippen LogP contribution in [-0.4, -0.2) is 43.2 Å². The Morgan fingerprint density at radius 2 is 1.80 bits per heavy atom. The Labute approximate surface area is 171 Å². The van der Waals surface area contributed by atoms with E-state index < -0.39 is 6.10 Å². The van der Waals surface area contributed by atoms with E-state index in [4.69, 9.17) is 14.9 Å². The first-order valence-electron chi connectivity index (χ1n) is 9.18. The van der Waals surface area contributed by atoms with Crippen LogP contribution in [0.2, 0.25) is 0 Å². The van der Waals surface area contributed by atoms with Crippen molar-refractivity contribution < 1.29 is 20.0 Å². The summed E-state index contributed by atoms with van der Waals surface area (Å²) in [6, 6.07) is 12.3. The highest BCUT2D eigenvalue weighted by molar-refractivity contribution is 5.62. The van der Waals surface area contributed by atoms with Crippen molar-refractivity contribution in [3.8, 4) is 11.4 Å². The lowest BCUT2D eigenvalue weighted by molar-refractivity contribution is 0.169. The molecule has 2 aromatic carbocycles. The molecule has 0 radical (unpaired) electrons. The fourth-order valence-corrected chi connectivity index (χ4v) is 3.53. The van der Waals surface area contributed by atoms with E-state index >= 15 is 0 Å². The molecule has 30 heavy (non-hydrogen) atoms. The molecule has 1 saturated heterocycles. The number of aromatic nitrogens is 2. The highest BCUT2D eigenvalue weighted by Crippen LogP contribution is 2.34. The Balaban J connectivity index is 1.53. The highest BCUT2D eigenvalue weighted by atomic mass is 16.8. The number of benzene rings is 2. The Morgan fingerprint density at radius 1 is 1.07 bits per heavy atom. The van der Waals surface area contributed by atoms with Gasteiger partial charge in [-0.05, 0) is 36.2 Å². The first kappa shape index (κ1) is 20.2. The molecule has 1 aliphatic heterocycles. The number of likely N-dealkylation sites (tertiary alicyclic amines) is 1. The number of β-amino-alcohol motifs (C(OH)–C–C–N with tert-alkyl or cyclic N) is 1. The van der Waals surface area contributed by atoms with Gasteiger partial charge in [0.05, 0.1) is 23.5 Å². The summed E-state index contributed by atoms with van der Waals surface area (Å²) in [5, 5.41) is 53.7. The van der Waals surface area contributed by atoms with E-state index in [9.17, 15) is 15.5 Å². The standard InChI is InChI=1S/C19H19N5O6/c25-16-9-17(22(11-16)10-12-4-6-14(7-5-12)23(26)27)19-20-18(21-30-19)13-2-1-3-15(8-13)24(28)29/h1-8,16-17,25-26,28H,9-11H2/q-2. The van der Waals surface area contributed by atoms with Gasteiger partial charge in [0.25, 0.3) is 0 Å². The van der Waals surface area contributed by atoms with Gasteiger partial charge in [-0.25, -0.2) is 0 Å². The van der Waals surface area contributed by atoms with Crippen LogP contribution in [0.4, 0.5) is 11.4 Å². The molecule has 11 heteroatoms. The number of rotatable bonds is 6. The van der Waals surface area contributed by atoms with Crippen molar-refractivity contribution in [1.29, 1.82) is 0 Å². The molecule has 1 fully saturated rings. The van der Waals surface area contributed by atoms with Crippen LogP contribution in [0.25, 0.3) is 11.4 Å². The molecule has 158 valence electrons. The predicted octanol–water partition coefficient (Wildman–Crippen LogP) is 2.43. The fraction of sp³-hybridized carbons (Fsp3) is 0.263. The van der Waals surface area contributed by atoms with Crippen LogP contribution < -0.4 is 10.5 Å². The summed E-state index contributed by atoms with van der Waals surface area (Å²) in [7, 11) is 0. The van der Waals surface area contributed by atoms with E-state index in [1.807, 2.05) is 4.90 Å². The lowest BCUT2D eigenvalue weighted by Crippen LogP contribution is -2.24. The van der Waals surface area contributed by atoms with Gasteiger partial charge in [0, 0.05) is 18.7 Å². The SMILES string of the molecule is [O-]N(O)c1ccc(CN2CC(O)CC2c2nc(-c3cccc(N([O-])O)c3)no2)cc1. The molecule has 1 aliphatic rings. The molecule has 2 atom stereocenters. The molecular formula is C19H19N5O6-2. The molecule has 0 bridgehead atoms. The minimum atomic E-state index is -0.564. The monoisotopic (exact) mass is 413 g/mol. The Kier molecular flexibility index (Phi) is 5.63. The van der Waals surface area contributed by atoms with Gasteiger partial charge < -0.3 is 30.5 Å².